The van der Waals surface area contributed by atoms with E-state index in [9.17, 15) is 32.3 Å². The van der Waals surface area contributed by atoms with Crippen molar-refractivity contribution >= 4 is 63.8 Å². The Hall–Kier alpha value is -4.07. The maximum absolute atomic E-state index is 13.9. The van der Waals surface area contributed by atoms with E-state index in [2.05, 4.69) is 10.3 Å². The van der Waals surface area contributed by atoms with Crippen LogP contribution in [0.1, 0.15) is 28.3 Å². The number of halogens is 4. The van der Waals surface area contributed by atoms with Crippen molar-refractivity contribution in [1.82, 2.24) is 4.98 Å². The van der Waals surface area contributed by atoms with Gasteiger partial charge in [-0.15, -0.1) is 11.8 Å². The molecule has 2 saturated carbocycles. The zero-order chi connectivity index (χ0) is 33.5. The molecule has 2 bridgehead atoms. The number of H-pyrrole nitrogens is 1. The van der Waals surface area contributed by atoms with E-state index in [0.29, 0.717) is 16.5 Å². The van der Waals surface area contributed by atoms with Crippen LogP contribution in [0.25, 0.3) is 0 Å². The highest BCUT2D eigenvalue weighted by molar-refractivity contribution is 8.00. The number of thiazole rings is 1. The molecule has 7 atom stereocenters. The van der Waals surface area contributed by atoms with Gasteiger partial charge in [0.15, 0.2) is 6.61 Å². The molecule has 3 aromatic carbocycles. The van der Waals surface area contributed by atoms with Crippen LogP contribution in [0, 0.1) is 29.6 Å². The Bertz CT molecular complexity index is 2030. The number of benzene rings is 3. The maximum Gasteiger partial charge on any atom is 0.418 e. The van der Waals surface area contributed by atoms with E-state index < -0.39 is 36.1 Å². The van der Waals surface area contributed by atoms with Gasteiger partial charge in [-0.05, 0) is 78.3 Å². The second-order valence-corrected chi connectivity index (χ2v) is 15.0. The number of nitrogens with one attached hydrogen (secondary N) is 2. The third kappa shape index (κ3) is 5.05. The number of alkyl halides is 3. The van der Waals surface area contributed by atoms with Crippen molar-refractivity contribution in [3.05, 3.63) is 103 Å². The molecule has 3 heterocycles. The SMILES string of the molecule is O=C(COc1cccc([C@H]2c3sc(=O)[nH]c3SC3C4CC(C5C(=O)N(c6ccc(Cl)cc6)C(=O)C45)C32)c1)Nc1ccccc1C(F)(F)F. The van der Waals surface area contributed by atoms with Crippen molar-refractivity contribution in [2.24, 2.45) is 29.6 Å². The summed E-state index contributed by atoms with van der Waals surface area (Å²) < 4.78 is 46.0. The molecule has 8 nitrogen and oxygen atoms in total. The van der Waals surface area contributed by atoms with Crippen LogP contribution in [0.5, 0.6) is 5.75 Å². The second kappa shape index (κ2) is 11.5. The van der Waals surface area contributed by atoms with E-state index >= 15 is 0 Å². The van der Waals surface area contributed by atoms with Gasteiger partial charge in [-0.2, -0.15) is 13.2 Å². The first kappa shape index (κ1) is 31.2. The molecule has 4 aromatic rings. The summed E-state index contributed by atoms with van der Waals surface area (Å²) in [6, 6.07) is 18.5. The van der Waals surface area contributed by atoms with Gasteiger partial charge < -0.3 is 15.0 Å². The van der Waals surface area contributed by atoms with Crippen LogP contribution in [-0.2, 0) is 20.6 Å². The number of aromatic nitrogens is 1. The number of para-hydroxylation sites is 1. The molecule has 3 amide bonds. The summed E-state index contributed by atoms with van der Waals surface area (Å²) in [5.41, 5.74) is -0.0116. The highest BCUT2D eigenvalue weighted by atomic mass is 35.5. The molecule has 2 aliphatic heterocycles. The zero-order valence-corrected chi connectivity index (χ0v) is 27.1. The monoisotopic (exact) mass is 711 g/mol. The number of carbonyl (C=O) groups is 3. The lowest BCUT2D eigenvalue weighted by Crippen LogP contribution is -2.42. The van der Waals surface area contributed by atoms with E-state index in [1.54, 1.807) is 54.2 Å². The molecule has 14 heteroatoms. The Morgan fingerprint density at radius 2 is 1.71 bits per heavy atom. The van der Waals surface area contributed by atoms with Gasteiger partial charge in [-0.1, -0.05) is 47.2 Å². The number of hydrogen-bond donors (Lipinski definition) is 2. The fourth-order valence-electron chi connectivity index (χ4n) is 8.21. The molecular weight excluding hydrogens is 687 g/mol. The van der Waals surface area contributed by atoms with Crippen molar-refractivity contribution in [3.63, 3.8) is 0 Å². The second-order valence-electron chi connectivity index (χ2n) is 12.4. The summed E-state index contributed by atoms with van der Waals surface area (Å²) in [7, 11) is 0. The molecule has 0 spiro atoms. The van der Waals surface area contributed by atoms with Crippen LogP contribution in [0.15, 0.2) is 82.6 Å². The number of hydrogen-bond acceptors (Lipinski definition) is 7. The Balaban J connectivity index is 1.07. The molecule has 2 N–H and O–H groups in total. The Morgan fingerprint density at radius 1 is 0.979 bits per heavy atom. The number of ether oxygens (including phenoxy) is 1. The smallest absolute Gasteiger partial charge is 0.418 e. The van der Waals surface area contributed by atoms with Gasteiger partial charge in [-0.3, -0.25) is 24.1 Å². The maximum atomic E-state index is 13.9. The average molecular weight is 712 g/mol. The first-order valence-corrected chi connectivity index (χ1v) is 17.3. The predicted octanol–water partition coefficient (Wildman–Crippen LogP) is 6.80. The number of imide groups is 1. The summed E-state index contributed by atoms with van der Waals surface area (Å²) in [4.78, 5) is 57.9. The minimum atomic E-state index is -4.64. The summed E-state index contributed by atoms with van der Waals surface area (Å²) in [6.07, 6.45) is -3.92. The molecule has 0 radical (unpaired) electrons. The fourth-order valence-corrected chi connectivity index (χ4v) is 11.2. The highest BCUT2D eigenvalue weighted by Crippen LogP contribution is 2.68. The van der Waals surface area contributed by atoms with E-state index in [-0.39, 0.29) is 51.3 Å². The van der Waals surface area contributed by atoms with Gasteiger partial charge in [0.2, 0.25) is 11.8 Å². The number of fused-ring (bicyclic) bond motifs is 9. The number of rotatable bonds is 6. The van der Waals surface area contributed by atoms with Crippen molar-refractivity contribution in [1.29, 1.82) is 0 Å². The lowest BCUT2D eigenvalue weighted by Gasteiger charge is -2.43. The number of aromatic amines is 1. The molecule has 246 valence electrons. The Labute approximate surface area is 284 Å². The molecule has 8 rings (SSSR count). The van der Waals surface area contributed by atoms with E-state index in [1.165, 1.54) is 23.1 Å². The number of thioether (sulfide) groups is 1. The third-order valence-electron chi connectivity index (χ3n) is 9.90. The minimum Gasteiger partial charge on any atom is -0.484 e. The van der Waals surface area contributed by atoms with Crippen molar-refractivity contribution < 1.29 is 32.3 Å². The first-order chi connectivity index (χ1) is 23.0. The van der Waals surface area contributed by atoms with Crippen LogP contribution >= 0.6 is 34.7 Å². The van der Waals surface area contributed by atoms with Crippen molar-refractivity contribution in [2.75, 3.05) is 16.8 Å². The number of carbonyl (C=O) groups excluding carboxylic acids is 3. The Kier molecular flexibility index (Phi) is 7.49. The number of nitrogens with zero attached hydrogens (tertiary/aromatic N) is 1. The summed E-state index contributed by atoms with van der Waals surface area (Å²) in [5.74, 6) is -2.29. The van der Waals surface area contributed by atoms with Gasteiger partial charge in [0, 0.05) is 21.1 Å². The molecule has 4 aliphatic rings. The number of amides is 3. The van der Waals surface area contributed by atoms with Crippen LogP contribution in [-0.4, -0.2) is 34.6 Å². The normalized spacial score (nSPS) is 27.1. The molecule has 2 aliphatic carbocycles. The van der Waals surface area contributed by atoms with Crippen LogP contribution < -0.4 is 19.8 Å². The van der Waals surface area contributed by atoms with Gasteiger partial charge in [0.05, 0.1) is 33.8 Å². The third-order valence-corrected chi connectivity index (χ3v) is 12.7. The number of anilines is 2. The van der Waals surface area contributed by atoms with E-state index in [4.69, 9.17) is 16.3 Å². The first-order valence-electron chi connectivity index (χ1n) is 15.2. The zero-order valence-electron chi connectivity index (χ0n) is 24.7. The molecule has 3 fully saturated rings. The van der Waals surface area contributed by atoms with Gasteiger partial charge >= 0.3 is 11.0 Å². The van der Waals surface area contributed by atoms with Crippen molar-refractivity contribution in [2.45, 2.75) is 28.8 Å². The van der Waals surface area contributed by atoms with E-state index in [0.717, 1.165) is 39.3 Å². The molecule has 6 unspecified atom stereocenters. The van der Waals surface area contributed by atoms with Gasteiger partial charge in [-0.25, -0.2) is 0 Å². The van der Waals surface area contributed by atoms with E-state index in [1.807, 2.05) is 6.07 Å². The molecular formula is C34H25ClF3N3O5S2. The van der Waals surface area contributed by atoms with Crippen molar-refractivity contribution in [3.8, 4) is 5.75 Å². The van der Waals surface area contributed by atoms with Crippen LogP contribution in [0.2, 0.25) is 5.02 Å². The minimum absolute atomic E-state index is 0.0232. The lowest BCUT2D eigenvalue weighted by atomic mass is 9.68. The van der Waals surface area contributed by atoms with Gasteiger partial charge in [0.25, 0.3) is 5.91 Å². The quantitative estimate of drug-likeness (QED) is 0.213. The standard InChI is InChI=1S/C34H25ClF3N3O5S2/c35-16-8-10-17(11-9-16)41-31(43)26-19-13-20(27(26)32(41)44)28-25(19)24(29-30(47-28)40-33(45)48-29)15-4-3-5-18(12-15)46-14-23(42)39-22-7-2-1-6-21(22)34(36,37)38/h1-12,19-20,24-28H,13-14H2,(H,39,42)(H,40,45)/t19?,20?,24-,25?,26?,27?,28?/m1/s1. The summed E-state index contributed by atoms with van der Waals surface area (Å²) >= 11 is 8.76. The fraction of sp³-hybridized carbons (Fsp3) is 0.294. The molecule has 48 heavy (non-hydrogen) atoms. The largest absolute Gasteiger partial charge is 0.484 e. The molecule has 1 aromatic heterocycles. The topological polar surface area (TPSA) is 109 Å². The molecule has 1 saturated heterocycles. The van der Waals surface area contributed by atoms with Gasteiger partial charge in [0.1, 0.15) is 5.75 Å². The highest BCUT2D eigenvalue weighted by Gasteiger charge is 2.69. The Morgan fingerprint density at radius 3 is 2.46 bits per heavy atom. The predicted molar refractivity (Wildman–Crippen MR) is 174 cm³/mol. The summed E-state index contributed by atoms with van der Waals surface area (Å²) in [6.45, 7) is -0.531. The van der Waals surface area contributed by atoms with Crippen LogP contribution in [0.3, 0.4) is 0 Å². The lowest BCUT2D eigenvalue weighted by molar-refractivity contribution is -0.137. The average Bonchev–Trinajstić information content (AvgIpc) is 3.79. The van der Waals surface area contributed by atoms with Crippen LogP contribution in [0.4, 0.5) is 24.5 Å². The summed E-state index contributed by atoms with van der Waals surface area (Å²) in [5, 5.41) is 3.51.